The van der Waals surface area contributed by atoms with E-state index in [1.54, 1.807) is 36.4 Å². The standard InChI is InChI=1S/C24H18F4N2O3S2.C14H13F4NO3.C6H7NS/c1-2-33-24(32)14(23(31)13-11-15(25)21(27)22(28)20(13)26)12-30-17-8-4-6-10-19(17)35-34-18-9-5-3-7-16(18)29;1-4-22-14(21)8(6-19(2)3)13(20)7-5-9(15)11(17)12(18)10(7)16;7-5-3-1-2-4-6(5)8/h3-12,31H,2,29H2,1H3;5-6H,4H2,1-3H3;1-4,8H,7H2/b;8-6-;. The number of hydrogen-bond donors (Lipinski definition) is 4. The molecule has 0 aliphatic heterocycles. The number of anilines is 2. The van der Waals surface area contributed by atoms with E-state index in [1.807, 2.05) is 36.4 Å². The summed E-state index contributed by atoms with van der Waals surface area (Å²) in [5, 5.41) is 10.5. The summed E-state index contributed by atoms with van der Waals surface area (Å²) in [6.45, 7) is 2.79. The van der Waals surface area contributed by atoms with Crippen LogP contribution in [0, 0.1) is 46.5 Å². The number of aliphatic imine (C=N–C) groups is 1. The van der Waals surface area contributed by atoms with Crippen LogP contribution in [0.1, 0.15) is 29.8 Å². The Bertz CT molecular complexity index is 2610. The number of aliphatic hydroxyl groups excluding tert-OH is 1. The molecule has 344 valence electrons. The molecule has 21 heteroatoms. The number of rotatable bonds is 13. The molecule has 0 aromatic heterocycles. The van der Waals surface area contributed by atoms with Gasteiger partial charge in [0.05, 0.1) is 30.0 Å². The molecule has 5 aromatic carbocycles. The topological polar surface area (TPSA) is 158 Å². The average Bonchev–Trinajstić information content (AvgIpc) is 3.28. The maximum absolute atomic E-state index is 14.2. The Labute approximate surface area is 380 Å². The number of ketones is 1. The number of nitrogen functional groups attached to an aromatic ring is 2. The number of para-hydroxylation sites is 3. The fourth-order valence-corrected chi connectivity index (χ4v) is 7.16. The van der Waals surface area contributed by atoms with Crippen molar-refractivity contribution in [2.45, 2.75) is 28.5 Å². The molecule has 10 nitrogen and oxygen atoms in total. The lowest BCUT2D eigenvalue weighted by atomic mass is 10.0. The van der Waals surface area contributed by atoms with Crippen LogP contribution in [-0.2, 0) is 19.1 Å². The number of thiol groups is 1. The molecule has 0 amide bonds. The first-order chi connectivity index (χ1) is 30.7. The van der Waals surface area contributed by atoms with Crippen molar-refractivity contribution >= 4 is 81.0 Å². The summed E-state index contributed by atoms with van der Waals surface area (Å²) in [7, 11) is 5.63. The molecule has 0 bridgehead atoms. The molecule has 5 N–H and O–H groups in total. The van der Waals surface area contributed by atoms with Crippen LogP contribution < -0.4 is 11.5 Å². The van der Waals surface area contributed by atoms with Gasteiger partial charge in [0.1, 0.15) is 16.9 Å². The first-order valence-electron chi connectivity index (χ1n) is 18.5. The quantitative estimate of drug-likeness (QED) is 0.00711. The highest BCUT2D eigenvalue weighted by Crippen LogP contribution is 2.43. The van der Waals surface area contributed by atoms with Crippen molar-refractivity contribution in [3.05, 3.63) is 160 Å². The van der Waals surface area contributed by atoms with Crippen molar-refractivity contribution in [3.63, 3.8) is 0 Å². The zero-order valence-corrected chi connectivity index (χ0v) is 37.0. The van der Waals surface area contributed by atoms with Crippen molar-refractivity contribution < 1.29 is 64.1 Å². The van der Waals surface area contributed by atoms with Gasteiger partial charge < -0.3 is 30.9 Å². The number of esters is 2. The third-order valence-electron chi connectivity index (χ3n) is 7.86. The Morgan fingerprint density at radius 1 is 0.677 bits per heavy atom. The largest absolute Gasteiger partial charge is 0.506 e. The third kappa shape index (κ3) is 14.5. The van der Waals surface area contributed by atoms with Crippen molar-refractivity contribution in [2.75, 3.05) is 38.8 Å². The molecular weight excluding hydrogens is 929 g/mol. The second-order valence-corrected chi connectivity index (χ2v) is 15.4. The Morgan fingerprint density at radius 3 is 1.68 bits per heavy atom. The number of nitrogens with two attached hydrogens (primary N) is 2. The lowest BCUT2D eigenvalue weighted by Crippen LogP contribution is -2.21. The molecule has 0 heterocycles. The Morgan fingerprint density at radius 2 is 1.15 bits per heavy atom. The molecule has 0 radical (unpaired) electrons. The zero-order chi connectivity index (χ0) is 48.5. The predicted molar refractivity (Wildman–Crippen MR) is 237 cm³/mol. The van der Waals surface area contributed by atoms with Crippen LogP contribution in [0.4, 0.5) is 52.2 Å². The number of nitrogens with zero attached hydrogens (tertiary/aromatic N) is 2. The van der Waals surface area contributed by atoms with Gasteiger partial charge in [-0.3, -0.25) is 9.79 Å². The van der Waals surface area contributed by atoms with E-state index in [0.717, 1.165) is 27.9 Å². The lowest BCUT2D eigenvalue weighted by Gasteiger charge is -2.11. The van der Waals surface area contributed by atoms with E-state index in [4.69, 9.17) is 16.2 Å². The highest BCUT2D eigenvalue weighted by Gasteiger charge is 2.29. The molecule has 5 rings (SSSR count). The van der Waals surface area contributed by atoms with Gasteiger partial charge in [0, 0.05) is 52.6 Å². The fraction of sp³-hybridized carbons (Fsp3) is 0.136. The summed E-state index contributed by atoms with van der Waals surface area (Å²) in [6, 6.07) is 21.9. The summed E-state index contributed by atoms with van der Waals surface area (Å²) in [6.07, 6.45) is 1.89. The van der Waals surface area contributed by atoms with E-state index in [-0.39, 0.29) is 25.3 Å². The minimum absolute atomic E-state index is 0.0640. The molecule has 0 aliphatic carbocycles. The SMILES string of the molecule is CCOC(=O)/C(=C\N(C)C)C(=O)c1cc(F)c(F)c(F)c1F.CCOC(=O)C(C=Nc1ccccc1SSc1ccccc1N)=C(O)c1cc(F)c(F)c(F)c1F.Nc1ccccc1S. The summed E-state index contributed by atoms with van der Waals surface area (Å²) in [5.74, 6) is -20.3. The number of hydrogen-bond acceptors (Lipinski definition) is 13. The van der Waals surface area contributed by atoms with Crippen molar-refractivity contribution in [2.24, 2.45) is 4.99 Å². The average molecular weight is 967 g/mol. The minimum Gasteiger partial charge on any atom is -0.506 e. The van der Waals surface area contributed by atoms with Crippen LogP contribution in [0.5, 0.6) is 0 Å². The second-order valence-electron chi connectivity index (χ2n) is 12.7. The van der Waals surface area contributed by atoms with Crippen LogP contribution in [0.25, 0.3) is 5.76 Å². The zero-order valence-electron chi connectivity index (χ0n) is 34.5. The Hall–Kier alpha value is -6.45. The molecule has 0 saturated heterocycles. The first-order valence-corrected chi connectivity index (χ1v) is 21.1. The lowest BCUT2D eigenvalue weighted by molar-refractivity contribution is -0.138. The summed E-state index contributed by atoms with van der Waals surface area (Å²) < 4.78 is 117. The van der Waals surface area contributed by atoms with Crippen LogP contribution in [0.15, 0.2) is 122 Å². The summed E-state index contributed by atoms with van der Waals surface area (Å²) >= 11 is 4.07. The highest BCUT2D eigenvalue weighted by molar-refractivity contribution is 8.76. The van der Waals surface area contributed by atoms with Gasteiger partial charge in [0.15, 0.2) is 46.5 Å². The van der Waals surface area contributed by atoms with Gasteiger partial charge in [-0.05, 0) is 62.4 Å². The van der Waals surface area contributed by atoms with E-state index < -0.39 is 92.3 Å². The third-order valence-corrected chi connectivity index (χ3v) is 10.8. The molecule has 0 atom stereocenters. The molecular formula is C44H38F8N4O6S3. The van der Waals surface area contributed by atoms with Crippen LogP contribution in [-0.4, -0.2) is 61.3 Å². The van der Waals surface area contributed by atoms with Crippen molar-refractivity contribution in [1.82, 2.24) is 4.90 Å². The number of aliphatic hydroxyl groups is 1. The number of carbonyl (C=O) groups is 3. The normalized spacial score (nSPS) is 11.4. The van der Waals surface area contributed by atoms with Gasteiger partial charge in [-0.1, -0.05) is 58.0 Å². The fourth-order valence-electron chi connectivity index (χ4n) is 4.77. The monoisotopic (exact) mass is 966 g/mol. The van der Waals surface area contributed by atoms with E-state index in [9.17, 15) is 54.6 Å². The van der Waals surface area contributed by atoms with Crippen molar-refractivity contribution in [1.29, 1.82) is 0 Å². The van der Waals surface area contributed by atoms with E-state index >= 15 is 0 Å². The smallest absolute Gasteiger partial charge is 0.343 e. The van der Waals surface area contributed by atoms with Gasteiger partial charge in [-0.2, -0.15) is 0 Å². The predicted octanol–water partition coefficient (Wildman–Crippen LogP) is 10.9. The second kappa shape index (κ2) is 25.1. The molecule has 0 unspecified atom stereocenters. The van der Waals surface area contributed by atoms with E-state index in [0.29, 0.717) is 16.3 Å². The van der Waals surface area contributed by atoms with Gasteiger partial charge >= 0.3 is 11.9 Å². The van der Waals surface area contributed by atoms with Gasteiger partial charge in [0.2, 0.25) is 5.78 Å². The molecule has 0 aliphatic rings. The molecule has 0 spiro atoms. The van der Waals surface area contributed by atoms with Gasteiger partial charge in [-0.25, -0.2) is 44.7 Å². The maximum Gasteiger partial charge on any atom is 0.343 e. The number of ether oxygens (including phenoxy) is 2. The molecule has 5 aromatic rings. The Kier molecular flexibility index (Phi) is 20.5. The summed E-state index contributed by atoms with van der Waals surface area (Å²) in [4.78, 5) is 44.1. The van der Waals surface area contributed by atoms with Crippen LogP contribution in [0.3, 0.4) is 0 Å². The number of halogens is 8. The van der Waals surface area contributed by atoms with Crippen LogP contribution in [0.2, 0.25) is 0 Å². The Balaban J connectivity index is 0.000000316. The first kappa shape index (κ1) is 52.9. The van der Waals surface area contributed by atoms with Crippen LogP contribution >= 0.6 is 34.2 Å². The maximum atomic E-state index is 14.2. The number of Topliss-reactive ketones (excluding diaryl/α,β-unsaturated/α-hetero) is 1. The highest BCUT2D eigenvalue weighted by atomic mass is 33.1. The van der Waals surface area contributed by atoms with E-state index in [1.165, 1.54) is 54.4 Å². The van der Waals surface area contributed by atoms with Crippen molar-refractivity contribution in [3.8, 4) is 0 Å². The van der Waals surface area contributed by atoms with E-state index in [2.05, 4.69) is 22.4 Å². The molecule has 0 saturated carbocycles. The molecule has 65 heavy (non-hydrogen) atoms. The summed E-state index contributed by atoms with van der Waals surface area (Å²) in [5.41, 5.74) is 9.60. The van der Waals surface area contributed by atoms with Gasteiger partial charge in [-0.15, -0.1) is 12.6 Å². The van der Waals surface area contributed by atoms with Gasteiger partial charge in [0.25, 0.3) is 0 Å². The molecule has 0 fully saturated rings. The number of carbonyl (C=O) groups excluding carboxylic acids is 3. The minimum atomic E-state index is -2.13. The number of benzene rings is 5.